The average molecular weight is 267 g/mol. The van der Waals surface area contributed by atoms with Crippen LogP contribution in [0.15, 0.2) is 5.57 Å². The van der Waals surface area contributed by atoms with Crippen molar-refractivity contribution in [1.82, 2.24) is 5.32 Å². The third-order valence-corrected chi connectivity index (χ3v) is 2.30. The van der Waals surface area contributed by atoms with Gasteiger partial charge in [0.25, 0.3) is 0 Å². The fourth-order valence-corrected chi connectivity index (χ4v) is 1.37. The van der Waals surface area contributed by atoms with Gasteiger partial charge in [0.2, 0.25) is 0 Å². The van der Waals surface area contributed by atoms with E-state index in [1.807, 2.05) is 0 Å². The number of carbonyl (C=O) groups is 1. The molecule has 0 aromatic rings. The van der Waals surface area contributed by atoms with Crippen LogP contribution in [0.5, 0.6) is 0 Å². The number of ether oxygens (including phenoxy) is 2. The van der Waals surface area contributed by atoms with Crippen molar-refractivity contribution in [3.63, 3.8) is 0 Å². The topological polar surface area (TPSA) is 64.6 Å². The minimum atomic E-state index is -0.646. The molecule has 0 saturated heterocycles. The second kappa shape index (κ2) is 7.63. The van der Waals surface area contributed by atoms with E-state index >= 15 is 0 Å². The molecule has 1 amide bonds. The number of terminal acetylenes is 1. The molecule has 0 saturated carbocycles. The Labute approximate surface area is 114 Å². The Balaban J connectivity index is 4.89. The highest BCUT2D eigenvalue weighted by atomic mass is 16.6. The highest BCUT2D eigenvalue weighted by molar-refractivity contribution is 5.70. The van der Waals surface area contributed by atoms with Crippen molar-refractivity contribution < 1.29 is 19.1 Å². The fourth-order valence-electron chi connectivity index (χ4n) is 1.37. The molecule has 0 aromatic heterocycles. The lowest BCUT2D eigenvalue weighted by atomic mass is 10.0. The summed E-state index contributed by atoms with van der Waals surface area (Å²) in [7, 11) is 1.46. The summed E-state index contributed by atoms with van der Waals surface area (Å²) < 4.78 is 10.2. The van der Waals surface area contributed by atoms with Gasteiger partial charge in [-0.25, -0.2) is 9.59 Å². The third-order valence-electron chi connectivity index (χ3n) is 2.30. The second-order valence-electron chi connectivity index (χ2n) is 5.04. The van der Waals surface area contributed by atoms with Crippen LogP contribution in [0, 0.1) is 12.3 Å². The number of methoxy groups -OCH3 is 1. The van der Waals surface area contributed by atoms with E-state index in [0.717, 1.165) is 0 Å². The molecule has 0 bridgehead atoms. The molecule has 0 aromatic carbocycles. The van der Waals surface area contributed by atoms with Gasteiger partial charge in [0.1, 0.15) is 11.5 Å². The second-order valence-corrected chi connectivity index (χ2v) is 5.04. The molecular weight excluding hydrogens is 246 g/mol. The number of rotatable bonds is 5. The van der Waals surface area contributed by atoms with Gasteiger partial charge in [0, 0.05) is 13.5 Å². The largest absolute Gasteiger partial charge is 0.444 e. The van der Waals surface area contributed by atoms with Gasteiger partial charge in [0.15, 0.2) is 0 Å². The van der Waals surface area contributed by atoms with Gasteiger partial charge in [-0.3, -0.25) is 0 Å². The smallest absolute Gasteiger partial charge is 0.408 e. The molecule has 19 heavy (non-hydrogen) atoms. The monoisotopic (exact) mass is 267 g/mol. The Morgan fingerprint density at radius 2 is 2.00 bits per heavy atom. The summed E-state index contributed by atoms with van der Waals surface area (Å²) in [6, 6.07) is -0.646. The first-order valence-corrected chi connectivity index (χ1v) is 5.95. The zero-order valence-corrected chi connectivity index (χ0v) is 12.1. The lowest BCUT2D eigenvalue weighted by Crippen LogP contribution is -2.42. The Hall–Kier alpha value is -1.76. The van der Waals surface area contributed by atoms with Crippen LogP contribution in [0.2, 0.25) is 0 Å². The van der Waals surface area contributed by atoms with E-state index in [9.17, 15) is 9.59 Å². The van der Waals surface area contributed by atoms with Crippen LogP contribution >= 0.6 is 0 Å². The molecule has 0 aliphatic heterocycles. The van der Waals surface area contributed by atoms with Gasteiger partial charge in [-0.15, -0.1) is 12.3 Å². The zero-order valence-electron chi connectivity index (χ0n) is 12.1. The highest BCUT2D eigenvalue weighted by Gasteiger charge is 2.25. The van der Waals surface area contributed by atoms with Gasteiger partial charge in [-0.05, 0) is 27.7 Å². The first kappa shape index (κ1) is 17.2. The zero-order chi connectivity index (χ0) is 15.1. The number of hydrogen-bond acceptors (Lipinski definition) is 4. The maximum absolute atomic E-state index is 11.7. The molecule has 1 N–H and O–H groups in total. The molecule has 0 aliphatic rings. The van der Waals surface area contributed by atoms with Crippen molar-refractivity contribution >= 4 is 12.0 Å². The lowest BCUT2D eigenvalue weighted by molar-refractivity contribution is 0.0505. The first-order valence-electron chi connectivity index (χ1n) is 5.95. The SMILES string of the molecule is C#CCC(NC(=O)OC(C)(C)C)C(=C=O)C(C)OC. The number of amides is 1. The maximum Gasteiger partial charge on any atom is 0.408 e. The van der Waals surface area contributed by atoms with Crippen LogP contribution in [-0.4, -0.2) is 36.9 Å². The van der Waals surface area contributed by atoms with E-state index in [1.54, 1.807) is 33.6 Å². The van der Waals surface area contributed by atoms with Crippen LogP contribution in [0.25, 0.3) is 0 Å². The average Bonchev–Trinajstić information content (AvgIpc) is 2.27. The lowest BCUT2D eigenvalue weighted by Gasteiger charge is -2.24. The summed E-state index contributed by atoms with van der Waals surface area (Å²) in [5, 5.41) is 2.56. The Bertz CT molecular complexity index is 397. The summed E-state index contributed by atoms with van der Waals surface area (Å²) in [4.78, 5) is 22.7. The van der Waals surface area contributed by atoms with E-state index in [1.165, 1.54) is 7.11 Å². The number of carbonyl (C=O) groups excluding carboxylic acids is 2. The van der Waals surface area contributed by atoms with Crippen LogP contribution in [0.1, 0.15) is 34.1 Å². The van der Waals surface area contributed by atoms with Gasteiger partial charge in [-0.1, -0.05) is 0 Å². The molecule has 0 rings (SSSR count). The quantitative estimate of drug-likeness (QED) is 0.608. The minimum Gasteiger partial charge on any atom is -0.444 e. The van der Waals surface area contributed by atoms with E-state index in [2.05, 4.69) is 11.2 Å². The van der Waals surface area contributed by atoms with Crippen molar-refractivity contribution in [3.05, 3.63) is 5.57 Å². The van der Waals surface area contributed by atoms with E-state index in [0.29, 0.717) is 0 Å². The van der Waals surface area contributed by atoms with Crippen LogP contribution in [0.3, 0.4) is 0 Å². The molecule has 106 valence electrons. The van der Waals surface area contributed by atoms with Crippen molar-refractivity contribution in [2.75, 3.05) is 7.11 Å². The normalized spacial score (nSPS) is 13.7. The van der Waals surface area contributed by atoms with Gasteiger partial charge in [-0.2, -0.15) is 0 Å². The van der Waals surface area contributed by atoms with Gasteiger partial charge in [0.05, 0.1) is 17.7 Å². The van der Waals surface area contributed by atoms with Crippen LogP contribution in [-0.2, 0) is 14.3 Å². The fraction of sp³-hybridized carbons (Fsp3) is 0.643. The molecule has 5 heteroatoms. The standard InChI is InChI=1S/C14H21NO4/c1-7-8-12(11(9-16)10(2)18-6)15-13(17)19-14(3,4)5/h1,10,12H,8H2,2-6H3,(H,15,17). The third kappa shape index (κ3) is 6.66. The summed E-state index contributed by atoms with van der Waals surface area (Å²) in [6.07, 6.45) is 4.29. The summed E-state index contributed by atoms with van der Waals surface area (Å²) in [6.45, 7) is 6.92. The molecule has 0 radical (unpaired) electrons. The Morgan fingerprint density at radius 1 is 1.42 bits per heavy atom. The van der Waals surface area contributed by atoms with Crippen molar-refractivity contribution in [2.24, 2.45) is 0 Å². The molecule has 0 fully saturated rings. The van der Waals surface area contributed by atoms with Crippen molar-refractivity contribution in [1.29, 1.82) is 0 Å². The number of alkyl carbamates (subject to hydrolysis) is 1. The van der Waals surface area contributed by atoms with E-state index in [4.69, 9.17) is 15.9 Å². The molecule has 2 unspecified atom stereocenters. The minimum absolute atomic E-state index is 0.164. The van der Waals surface area contributed by atoms with Crippen LogP contribution in [0.4, 0.5) is 4.79 Å². The molecular formula is C14H21NO4. The molecule has 0 heterocycles. The van der Waals surface area contributed by atoms with E-state index < -0.39 is 23.8 Å². The first-order chi connectivity index (χ1) is 8.75. The molecule has 0 spiro atoms. The number of hydrogen-bond donors (Lipinski definition) is 1. The van der Waals surface area contributed by atoms with Crippen LogP contribution < -0.4 is 5.32 Å². The highest BCUT2D eigenvalue weighted by Crippen LogP contribution is 2.13. The maximum atomic E-state index is 11.7. The predicted octanol–water partition coefficient (Wildman–Crippen LogP) is 1.70. The van der Waals surface area contributed by atoms with Crippen molar-refractivity contribution in [3.8, 4) is 12.3 Å². The summed E-state index contributed by atoms with van der Waals surface area (Å²) in [5.74, 6) is 4.19. The molecule has 2 atom stereocenters. The number of nitrogens with one attached hydrogen (secondary N) is 1. The Kier molecular flexibility index (Phi) is 6.92. The molecule has 5 nitrogen and oxygen atoms in total. The van der Waals surface area contributed by atoms with Crippen molar-refractivity contribution in [2.45, 2.75) is 51.9 Å². The van der Waals surface area contributed by atoms with Gasteiger partial charge < -0.3 is 14.8 Å². The summed E-state index contributed by atoms with van der Waals surface area (Å²) >= 11 is 0. The molecule has 0 aliphatic carbocycles. The van der Waals surface area contributed by atoms with E-state index in [-0.39, 0.29) is 12.0 Å². The predicted molar refractivity (Wildman–Crippen MR) is 72.3 cm³/mol. The summed E-state index contributed by atoms with van der Waals surface area (Å²) in [5.41, 5.74) is -0.366. The Morgan fingerprint density at radius 3 is 2.37 bits per heavy atom. The van der Waals surface area contributed by atoms with Gasteiger partial charge >= 0.3 is 6.09 Å².